The Labute approximate surface area is 127 Å². The summed E-state index contributed by atoms with van der Waals surface area (Å²) in [6.07, 6.45) is 0.549. The molecule has 0 spiro atoms. The van der Waals surface area contributed by atoms with Crippen LogP contribution in [0, 0.1) is 0 Å². The van der Waals surface area contributed by atoms with E-state index in [2.05, 4.69) is 36.5 Å². The van der Waals surface area contributed by atoms with Gasteiger partial charge in [-0.1, -0.05) is 31.2 Å². The molecule has 1 unspecified atom stereocenters. The Balaban J connectivity index is 2.44. The van der Waals surface area contributed by atoms with Crippen LogP contribution in [0.25, 0.3) is 0 Å². The second-order valence-corrected chi connectivity index (χ2v) is 6.27. The minimum atomic E-state index is -0.462. The number of benzene rings is 1. The molecule has 0 aliphatic carbocycles. The normalized spacial score (nSPS) is 12.8. The molecule has 0 aromatic heterocycles. The number of nitrogens with one attached hydrogen (secondary N) is 1. The van der Waals surface area contributed by atoms with Gasteiger partial charge in [0.2, 0.25) is 0 Å². The number of carbonyl (C=O) groups excluding carboxylic acids is 1. The Morgan fingerprint density at radius 1 is 1.24 bits per heavy atom. The zero-order chi connectivity index (χ0) is 15.9. The van der Waals surface area contributed by atoms with Crippen molar-refractivity contribution in [2.75, 3.05) is 20.3 Å². The maximum absolute atomic E-state index is 11.6. The lowest BCUT2D eigenvalue weighted by Gasteiger charge is -2.21. The third kappa shape index (κ3) is 7.14. The van der Waals surface area contributed by atoms with Gasteiger partial charge >= 0.3 is 6.09 Å². The van der Waals surface area contributed by atoms with Gasteiger partial charge in [0.25, 0.3) is 0 Å². The fraction of sp³-hybridized carbons (Fsp3) is 0.588. The largest absolute Gasteiger partial charge is 0.444 e. The smallest absolute Gasteiger partial charge is 0.407 e. The zero-order valence-electron chi connectivity index (χ0n) is 13.7. The zero-order valence-corrected chi connectivity index (χ0v) is 13.7. The van der Waals surface area contributed by atoms with Crippen LogP contribution in [0.1, 0.15) is 44.7 Å². The van der Waals surface area contributed by atoms with Crippen LogP contribution >= 0.6 is 0 Å². The van der Waals surface area contributed by atoms with Crippen LogP contribution in [0.5, 0.6) is 0 Å². The third-order valence-electron chi connectivity index (χ3n) is 3.10. The van der Waals surface area contributed by atoms with Crippen molar-refractivity contribution in [2.24, 2.45) is 0 Å². The van der Waals surface area contributed by atoms with Crippen molar-refractivity contribution in [2.45, 2.75) is 45.6 Å². The lowest BCUT2D eigenvalue weighted by Crippen LogP contribution is -2.34. The van der Waals surface area contributed by atoms with Crippen molar-refractivity contribution in [3.63, 3.8) is 0 Å². The van der Waals surface area contributed by atoms with Crippen LogP contribution in [-0.4, -0.2) is 32.0 Å². The van der Waals surface area contributed by atoms with Crippen LogP contribution in [0.15, 0.2) is 24.3 Å². The summed E-state index contributed by atoms with van der Waals surface area (Å²) in [5, 5.41) is 2.81. The highest BCUT2D eigenvalue weighted by Gasteiger charge is 2.16. The highest BCUT2D eigenvalue weighted by molar-refractivity contribution is 5.67. The number of ether oxygens (including phenoxy) is 2. The van der Waals surface area contributed by atoms with Crippen LogP contribution in [0.4, 0.5) is 4.79 Å². The van der Waals surface area contributed by atoms with E-state index in [0.717, 1.165) is 13.0 Å². The molecule has 0 saturated carbocycles. The first kappa shape index (κ1) is 17.5. The van der Waals surface area contributed by atoms with E-state index >= 15 is 0 Å². The number of rotatable bonds is 6. The Morgan fingerprint density at radius 2 is 1.86 bits per heavy atom. The molecule has 1 aromatic rings. The van der Waals surface area contributed by atoms with E-state index in [1.165, 1.54) is 11.1 Å². The molecule has 1 atom stereocenters. The van der Waals surface area contributed by atoms with Crippen LogP contribution < -0.4 is 5.32 Å². The first-order chi connectivity index (χ1) is 9.81. The average molecular weight is 293 g/mol. The molecule has 0 heterocycles. The molecule has 4 nitrogen and oxygen atoms in total. The van der Waals surface area contributed by atoms with Gasteiger partial charge in [0.15, 0.2) is 0 Å². The summed E-state index contributed by atoms with van der Waals surface area (Å²) in [4.78, 5) is 11.6. The SMILES string of the molecule is COCCc1ccc(C(C)CNC(=O)OC(C)(C)C)cc1. The highest BCUT2D eigenvalue weighted by Crippen LogP contribution is 2.16. The summed E-state index contributed by atoms with van der Waals surface area (Å²) in [7, 11) is 1.71. The number of alkyl carbamates (subject to hydrolysis) is 1. The number of amides is 1. The molecule has 1 N–H and O–H groups in total. The molecule has 0 bridgehead atoms. The molecule has 0 aliphatic rings. The van der Waals surface area contributed by atoms with Gasteiger partial charge in [-0.05, 0) is 44.2 Å². The van der Waals surface area contributed by atoms with Crippen molar-refractivity contribution < 1.29 is 14.3 Å². The molecular weight excluding hydrogens is 266 g/mol. The molecule has 1 rings (SSSR count). The second-order valence-electron chi connectivity index (χ2n) is 6.27. The van der Waals surface area contributed by atoms with Crippen LogP contribution in [-0.2, 0) is 15.9 Å². The predicted octanol–water partition coefficient (Wildman–Crippen LogP) is 3.50. The monoisotopic (exact) mass is 293 g/mol. The van der Waals surface area contributed by atoms with Gasteiger partial charge in [-0.15, -0.1) is 0 Å². The lowest BCUT2D eigenvalue weighted by molar-refractivity contribution is 0.0525. The fourth-order valence-corrected chi connectivity index (χ4v) is 1.90. The van der Waals surface area contributed by atoms with Gasteiger partial charge < -0.3 is 14.8 Å². The first-order valence-corrected chi connectivity index (χ1v) is 7.36. The maximum atomic E-state index is 11.6. The Kier molecular flexibility index (Phi) is 6.69. The van der Waals surface area contributed by atoms with E-state index in [0.29, 0.717) is 6.54 Å². The molecule has 118 valence electrons. The summed E-state index contributed by atoms with van der Waals surface area (Å²) in [5.74, 6) is 0.244. The molecule has 0 aliphatic heterocycles. The molecule has 0 saturated heterocycles. The summed E-state index contributed by atoms with van der Waals surface area (Å²) >= 11 is 0. The van der Waals surface area contributed by atoms with Gasteiger partial charge in [-0.2, -0.15) is 0 Å². The summed E-state index contributed by atoms with van der Waals surface area (Å²) < 4.78 is 10.3. The van der Waals surface area contributed by atoms with Gasteiger partial charge in [-0.3, -0.25) is 0 Å². The molecule has 1 aromatic carbocycles. The van der Waals surface area contributed by atoms with Gasteiger partial charge in [0.1, 0.15) is 5.60 Å². The Bertz CT molecular complexity index is 434. The number of methoxy groups -OCH3 is 1. The lowest BCUT2D eigenvalue weighted by atomic mass is 9.99. The summed E-state index contributed by atoms with van der Waals surface area (Å²) in [5.41, 5.74) is 2.00. The van der Waals surface area contributed by atoms with Gasteiger partial charge in [0.05, 0.1) is 6.61 Å². The topological polar surface area (TPSA) is 47.6 Å². The second kappa shape index (κ2) is 8.03. The number of hydrogen-bond donors (Lipinski definition) is 1. The average Bonchev–Trinajstić information content (AvgIpc) is 2.41. The van der Waals surface area contributed by atoms with Crippen LogP contribution in [0.3, 0.4) is 0 Å². The molecular formula is C17H27NO3. The van der Waals surface area contributed by atoms with Crippen LogP contribution in [0.2, 0.25) is 0 Å². The van der Waals surface area contributed by atoms with Crippen molar-refractivity contribution >= 4 is 6.09 Å². The number of hydrogen-bond acceptors (Lipinski definition) is 3. The summed E-state index contributed by atoms with van der Waals surface area (Å²) in [6, 6.07) is 8.43. The minimum Gasteiger partial charge on any atom is -0.444 e. The molecule has 0 radical (unpaired) electrons. The highest BCUT2D eigenvalue weighted by atomic mass is 16.6. The van der Waals surface area contributed by atoms with Crippen molar-refractivity contribution in [1.82, 2.24) is 5.32 Å². The number of carbonyl (C=O) groups is 1. The Morgan fingerprint density at radius 3 is 2.38 bits per heavy atom. The van der Waals surface area contributed by atoms with E-state index in [9.17, 15) is 4.79 Å². The maximum Gasteiger partial charge on any atom is 0.407 e. The first-order valence-electron chi connectivity index (χ1n) is 7.36. The Hall–Kier alpha value is -1.55. The fourth-order valence-electron chi connectivity index (χ4n) is 1.90. The molecule has 0 fully saturated rings. The van der Waals surface area contributed by atoms with Crippen molar-refractivity contribution in [3.8, 4) is 0 Å². The van der Waals surface area contributed by atoms with Crippen molar-refractivity contribution in [3.05, 3.63) is 35.4 Å². The van der Waals surface area contributed by atoms with E-state index in [4.69, 9.17) is 9.47 Å². The molecule has 1 amide bonds. The molecule has 4 heteroatoms. The van der Waals surface area contributed by atoms with E-state index < -0.39 is 5.60 Å². The van der Waals surface area contributed by atoms with E-state index in [-0.39, 0.29) is 12.0 Å². The van der Waals surface area contributed by atoms with E-state index in [1.807, 2.05) is 20.8 Å². The summed E-state index contributed by atoms with van der Waals surface area (Å²) in [6.45, 7) is 8.95. The standard InChI is InChI=1S/C17H27NO3/c1-13(12-18-16(19)21-17(2,3)4)15-8-6-14(7-9-15)10-11-20-5/h6-9,13H,10-12H2,1-5H3,(H,18,19). The van der Waals surface area contributed by atoms with Crippen molar-refractivity contribution in [1.29, 1.82) is 0 Å². The van der Waals surface area contributed by atoms with Gasteiger partial charge in [0, 0.05) is 13.7 Å². The molecule has 21 heavy (non-hydrogen) atoms. The third-order valence-corrected chi connectivity index (χ3v) is 3.10. The minimum absolute atomic E-state index is 0.244. The predicted molar refractivity (Wildman–Crippen MR) is 84.7 cm³/mol. The van der Waals surface area contributed by atoms with E-state index in [1.54, 1.807) is 7.11 Å². The quantitative estimate of drug-likeness (QED) is 0.873. The van der Waals surface area contributed by atoms with Gasteiger partial charge in [-0.25, -0.2) is 4.79 Å².